The smallest absolute Gasteiger partial charge is 0.325 e. The van der Waals surface area contributed by atoms with Crippen molar-refractivity contribution in [2.24, 2.45) is 0 Å². The molecular weight excluding hydrogens is 328 g/mol. The van der Waals surface area contributed by atoms with Crippen LogP contribution in [0.25, 0.3) is 0 Å². The van der Waals surface area contributed by atoms with Gasteiger partial charge in [-0.1, -0.05) is 30.3 Å². The highest BCUT2D eigenvalue weighted by molar-refractivity contribution is 5.96. The van der Waals surface area contributed by atoms with E-state index in [0.717, 1.165) is 17.7 Å². The van der Waals surface area contributed by atoms with Crippen LogP contribution in [-0.4, -0.2) is 36.5 Å². The summed E-state index contributed by atoms with van der Waals surface area (Å²) in [6.07, 6.45) is 0. The SMILES string of the molecule is O=C(CN1CCN(c2ccc(F)c(F)c2)C1=O)NCc1ccccc1. The highest BCUT2D eigenvalue weighted by Crippen LogP contribution is 2.22. The molecule has 25 heavy (non-hydrogen) atoms. The summed E-state index contributed by atoms with van der Waals surface area (Å²) in [5.74, 6) is -2.25. The molecule has 0 bridgehead atoms. The summed E-state index contributed by atoms with van der Waals surface area (Å²) in [6.45, 7) is 0.965. The molecule has 0 aliphatic carbocycles. The molecule has 1 aliphatic heterocycles. The number of amides is 3. The Hall–Kier alpha value is -2.96. The first-order chi connectivity index (χ1) is 12.0. The van der Waals surface area contributed by atoms with Crippen molar-refractivity contribution in [3.05, 3.63) is 65.7 Å². The zero-order chi connectivity index (χ0) is 17.8. The van der Waals surface area contributed by atoms with Crippen molar-refractivity contribution in [2.75, 3.05) is 24.5 Å². The molecule has 1 aliphatic rings. The Kier molecular flexibility index (Phi) is 4.92. The molecule has 0 radical (unpaired) electrons. The first-order valence-corrected chi connectivity index (χ1v) is 7.87. The van der Waals surface area contributed by atoms with Gasteiger partial charge in [-0.25, -0.2) is 13.6 Å². The molecule has 0 aromatic heterocycles. The Morgan fingerprint density at radius 2 is 1.80 bits per heavy atom. The molecule has 2 aromatic carbocycles. The molecule has 1 heterocycles. The van der Waals surface area contributed by atoms with Gasteiger partial charge in [-0.2, -0.15) is 0 Å². The number of hydrogen-bond donors (Lipinski definition) is 1. The Bertz CT molecular complexity index is 783. The molecule has 3 rings (SSSR count). The summed E-state index contributed by atoms with van der Waals surface area (Å²) in [5, 5.41) is 2.76. The average Bonchev–Trinajstić information content (AvgIpc) is 2.97. The summed E-state index contributed by atoms with van der Waals surface area (Å²) in [5.41, 5.74) is 1.24. The van der Waals surface area contributed by atoms with E-state index in [2.05, 4.69) is 5.32 Å². The maximum Gasteiger partial charge on any atom is 0.325 e. The van der Waals surface area contributed by atoms with E-state index < -0.39 is 17.7 Å². The normalized spacial score (nSPS) is 14.1. The number of rotatable bonds is 5. The Labute approximate surface area is 143 Å². The van der Waals surface area contributed by atoms with Gasteiger partial charge in [-0.05, 0) is 17.7 Å². The number of nitrogens with zero attached hydrogens (tertiary/aromatic N) is 2. The molecule has 1 saturated heterocycles. The van der Waals surface area contributed by atoms with E-state index in [-0.39, 0.29) is 18.1 Å². The Balaban J connectivity index is 1.56. The summed E-state index contributed by atoms with van der Waals surface area (Å²) in [7, 11) is 0. The van der Waals surface area contributed by atoms with Gasteiger partial charge in [0, 0.05) is 31.4 Å². The summed E-state index contributed by atoms with van der Waals surface area (Å²) in [6, 6.07) is 12.3. The average molecular weight is 345 g/mol. The number of anilines is 1. The number of carbonyl (C=O) groups excluding carboxylic acids is 2. The van der Waals surface area contributed by atoms with Gasteiger partial charge >= 0.3 is 6.03 Å². The van der Waals surface area contributed by atoms with E-state index in [1.54, 1.807) is 0 Å². The molecule has 2 aromatic rings. The summed E-state index contributed by atoms with van der Waals surface area (Å²) in [4.78, 5) is 27.1. The standard InChI is InChI=1S/C18H17F2N3O2/c19-15-7-6-14(10-16(15)20)23-9-8-22(18(23)25)12-17(24)21-11-13-4-2-1-3-5-13/h1-7,10H,8-9,11-12H2,(H,21,24). The van der Waals surface area contributed by atoms with Crippen LogP contribution >= 0.6 is 0 Å². The fourth-order valence-corrected chi connectivity index (χ4v) is 2.65. The monoisotopic (exact) mass is 345 g/mol. The van der Waals surface area contributed by atoms with Crippen LogP contribution in [-0.2, 0) is 11.3 Å². The van der Waals surface area contributed by atoms with Crippen LogP contribution in [0, 0.1) is 11.6 Å². The minimum Gasteiger partial charge on any atom is -0.350 e. The van der Waals surface area contributed by atoms with Crippen LogP contribution in [0.2, 0.25) is 0 Å². The molecule has 1 N–H and O–H groups in total. The van der Waals surface area contributed by atoms with Gasteiger partial charge in [-0.15, -0.1) is 0 Å². The van der Waals surface area contributed by atoms with Crippen molar-refractivity contribution >= 4 is 17.6 Å². The maximum absolute atomic E-state index is 13.3. The van der Waals surface area contributed by atoms with Gasteiger partial charge in [0.1, 0.15) is 6.54 Å². The molecule has 0 saturated carbocycles. The van der Waals surface area contributed by atoms with E-state index in [9.17, 15) is 18.4 Å². The predicted molar refractivity (Wildman–Crippen MR) is 89.0 cm³/mol. The fourth-order valence-electron chi connectivity index (χ4n) is 2.65. The third-order valence-electron chi connectivity index (χ3n) is 3.98. The second-order valence-electron chi connectivity index (χ2n) is 5.72. The predicted octanol–water partition coefficient (Wildman–Crippen LogP) is 2.52. The number of urea groups is 1. The fraction of sp³-hybridized carbons (Fsp3) is 0.222. The molecule has 0 unspecified atom stereocenters. The van der Waals surface area contributed by atoms with E-state index in [1.165, 1.54) is 15.9 Å². The highest BCUT2D eigenvalue weighted by Gasteiger charge is 2.31. The number of nitrogens with one attached hydrogen (secondary N) is 1. The first kappa shape index (κ1) is 16.9. The maximum atomic E-state index is 13.3. The lowest BCUT2D eigenvalue weighted by Gasteiger charge is -2.18. The van der Waals surface area contributed by atoms with Gasteiger partial charge in [-0.3, -0.25) is 9.69 Å². The van der Waals surface area contributed by atoms with Crippen molar-refractivity contribution in [1.29, 1.82) is 0 Å². The van der Waals surface area contributed by atoms with Crippen molar-refractivity contribution in [3.63, 3.8) is 0 Å². The largest absolute Gasteiger partial charge is 0.350 e. The summed E-state index contributed by atoms with van der Waals surface area (Å²) < 4.78 is 26.4. The zero-order valence-electron chi connectivity index (χ0n) is 13.4. The van der Waals surface area contributed by atoms with Crippen molar-refractivity contribution in [3.8, 4) is 0 Å². The summed E-state index contributed by atoms with van der Waals surface area (Å²) >= 11 is 0. The minimum atomic E-state index is -1.01. The van der Waals surface area contributed by atoms with Crippen molar-refractivity contribution in [1.82, 2.24) is 10.2 Å². The highest BCUT2D eigenvalue weighted by atomic mass is 19.2. The molecule has 5 nitrogen and oxygen atoms in total. The second kappa shape index (κ2) is 7.29. The number of benzene rings is 2. The van der Waals surface area contributed by atoms with E-state index in [1.807, 2.05) is 30.3 Å². The lowest BCUT2D eigenvalue weighted by atomic mass is 10.2. The molecule has 1 fully saturated rings. The molecular formula is C18H17F2N3O2. The molecule has 130 valence electrons. The van der Waals surface area contributed by atoms with Crippen LogP contribution < -0.4 is 10.2 Å². The molecule has 3 amide bonds. The van der Waals surface area contributed by atoms with Crippen LogP contribution in [0.15, 0.2) is 48.5 Å². The van der Waals surface area contributed by atoms with Crippen LogP contribution in [0.1, 0.15) is 5.56 Å². The van der Waals surface area contributed by atoms with Gasteiger partial charge < -0.3 is 10.2 Å². The third kappa shape index (κ3) is 3.93. The molecule has 0 spiro atoms. The topological polar surface area (TPSA) is 52.7 Å². The quantitative estimate of drug-likeness (QED) is 0.905. The number of halogens is 2. The third-order valence-corrected chi connectivity index (χ3v) is 3.98. The van der Waals surface area contributed by atoms with Gasteiger partial charge in [0.2, 0.25) is 5.91 Å². The zero-order valence-corrected chi connectivity index (χ0v) is 13.4. The van der Waals surface area contributed by atoms with E-state index >= 15 is 0 Å². The lowest BCUT2D eigenvalue weighted by Crippen LogP contribution is -2.39. The molecule has 0 atom stereocenters. The van der Waals surface area contributed by atoms with Crippen LogP contribution in [0.5, 0.6) is 0 Å². The van der Waals surface area contributed by atoms with Crippen LogP contribution in [0.4, 0.5) is 19.3 Å². The van der Waals surface area contributed by atoms with E-state index in [0.29, 0.717) is 19.6 Å². The molecule has 7 heteroatoms. The van der Waals surface area contributed by atoms with E-state index in [4.69, 9.17) is 0 Å². The Morgan fingerprint density at radius 3 is 2.52 bits per heavy atom. The first-order valence-electron chi connectivity index (χ1n) is 7.87. The lowest BCUT2D eigenvalue weighted by molar-refractivity contribution is -0.121. The minimum absolute atomic E-state index is 0.0775. The Morgan fingerprint density at radius 1 is 1.04 bits per heavy atom. The van der Waals surface area contributed by atoms with Crippen molar-refractivity contribution < 1.29 is 18.4 Å². The number of carbonyl (C=O) groups is 2. The van der Waals surface area contributed by atoms with Crippen molar-refractivity contribution in [2.45, 2.75) is 6.54 Å². The van der Waals surface area contributed by atoms with Gasteiger partial charge in [0.15, 0.2) is 11.6 Å². The second-order valence-corrected chi connectivity index (χ2v) is 5.72. The van der Waals surface area contributed by atoms with Crippen LogP contribution in [0.3, 0.4) is 0 Å². The van der Waals surface area contributed by atoms with Gasteiger partial charge in [0.05, 0.1) is 0 Å². The number of hydrogen-bond acceptors (Lipinski definition) is 2. The van der Waals surface area contributed by atoms with Gasteiger partial charge in [0.25, 0.3) is 0 Å².